The van der Waals surface area contributed by atoms with Crippen LogP contribution in [0.2, 0.25) is 0 Å². The van der Waals surface area contributed by atoms with E-state index in [-0.39, 0.29) is 11.5 Å². The fraction of sp³-hybridized carbons (Fsp3) is 0.800. The van der Waals surface area contributed by atoms with Crippen molar-refractivity contribution in [3.05, 3.63) is 16.4 Å². The molecule has 1 aromatic rings. The first-order valence-corrected chi connectivity index (χ1v) is 3.66. The normalized spacial score (nSPS) is 10.0. The molecule has 0 saturated carbocycles. The minimum Gasteiger partial charge on any atom is -0.265 e. The highest BCUT2D eigenvalue weighted by Gasteiger charge is 2.00. The molecule has 0 aromatic carbocycles. The maximum absolute atomic E-state index is 9.93. The summed E-state index contributed by atoms with van der Waals surface area (Å²) in [5.41, 5.74) is 0. The average Bonchev–Trinajstić information content (AvgIpc) is 2.49. The molecule has 0 amide bonds. The Morgan fingerprint density at radius 2 is 2.42 bits per heavy atom. The molecule has 0 atom stereocenters. The first-order valence-electron chi connectivity index (χ1n) is 3.66. The predicted octanol–water partition coefficient (Wildman–Crippen LogP) is -0.851. The standard InChI is InChI=1S/C5H9N5O2/c11-10(12)4-2-1-3-9-5-6-7-8-9/h5H,1-4H2/p+1. The van der Waals surface area contributed by atoms with E-state index in [1.54, 1.807) is 11.0 Å². The number of aromatic amines is 1. The molecule has 0 spiro atoms. The lowest BCUT2D eigenvalue weighted by molar-refractivity contribution is -0.755. The average molecular weight is 172 g/mol. The first kappa shape index (κ1) is 8.57. The van der Waals surface area contributed by atoms with Crippen LogP contribution in [0.1, 0.15) is 12.8 Å². The number of aromatic nitrogens is 4. The molecule has 1 rings (SSSR count). The van der Waals surface area contributed by atoms with Gasteiger partial charge in [0, 0.05) is 11.3 Å². The lowest BCUT2D eigenvalue weighted by Crippen LogP contribution is -2.35. The summed E-state index contributed by atoms with van der Waals surface area (Å²) in [6.07, 6.45) is 2.89. The van der Waals surface area contributed by atoms with Gasteiger partial charge in [0.05, 0.1) is 6.54 Å². The van der Waals surface area contributed by atoms with Gasteiger partial charge in [-0.05, 0) is 6.42 Å². The second-order valence-electron chi connectivity index (χ2n) is 2.39. The molecule has 0 bridgehead atoms. The molecule has 0 unspecified atom stereocenters. The summed E-state index contributed by atoms with van der Waals surface area (Å²) >= 11 is 0. The van der Waals surface area contributed by atoms with Gasteiger partial charge in [0.25, 0.3) is 6.33 Å². The summed E-state index contributed by atoms with van der Waals surface area (Å²) < 4.78 is 1.68. The Morgan fingerprint density at radius 1 is 1.58 bits per heavy atom. The van der Waals surface area contributed by atoms with Crippen LogP contribution in [0.5, 0.6) is 0 Å². The minimum atomic E-state index is -0.310. The Balaban J connectivity index is 2.07. The summed E-state index contributed by atoms with van der Waals surface area (Å²) in [4.78, 5) is 9.62. The van der Waals surface area contributed by atoms with E-state index in [0.29, 0.717) is 13.0 Å². The van der Waals surface area contributed by atoms with E-state index >= 15 is 0 Å². The zero-order chi connectivity index (χ0) is 8.81. The van der Waals surface area contributed by atoms with E-state index < -0.39 is 0 Å². The third kappa shape index (κ3) is 3.04. The maximum Gasteiger partial charge on any atom is 0.288 e. The van der Waals surface area contributed by atoms with E-state index in [1.807, 2.05) is 0 Å². The topological polar surface area (TPSA) is 88.6 Å². The molecule has 0 radical (unpaired) electrons. The molecule has 1 N–H and O–H groups in total. The van der Waals surface area contributed by atoms with Gasteiger partial charge >= 0.3 is 0 Å². The molecule has 1 heterocycles. The molecule has 0 aliphatic heterocycles. The molecular weight excluding hydrogens is 162 g/mol. The molecule has 66 valence electrons. The smallest absolute Gasteiger partial charge is 0.265 e. The largest absolute Gasteiger partial charge is 0.288 e. The maximum atomic E-state index is 9.93. The van der Waals surface area contributed by atoms with Gasteiger partial charge in [-0.25, -0.2) is 0 Å². The molecule has 0 fully saturated rings. The highest BCUT2D eigenvalue weighted by Crippen LogP contribution is 1.87. The first-order chi connectivity index (χ1) is 5.79. The molecular formula is C5H10N5O2+. The number of aryl methyl sites for hydroxylation is 1. The number of hydrogen-bond donors (Lipinski definition) is 1. The summed E-state index contributed by atoms with van der Waals surface area (Å²) in [5.74, 6) is 0. The third-order valence-corrected chi connectivity index (χ3v) is 1.41. The van der Waals surface area contributed by atoms with Crippen molar-refractivity contribution in [3.63, 3.8) is 0 Å². The van der Waals surface area contributed by atoms with Crippen LogP contribution in [0.4, 0.5) is 0 Å². The highest BCUT2D eigenvalue weighted by atomic mass is 16.6. The minimum absolute atomic E-state index is 0.0299. The molecule has 7 nitrogen and oxygen atoms in total. The van der Waals surface area contributed by atoms with Crippen LogP contribution in [0.3, 0.4) is 0 Å². The van der Waals surface area contributed by atoms with E-state index in [0.717, 1.165) is 6.42 Å². The fourth-order valence-electron chi connectivity index (χ4n) is 0.828. The van der Waals surface area contributed by atoms with Crippen molar-refractivity contribution >= 4 is 0 Å². The Hall–Kier alpha value is -1.53. The molecule has 0 aliphatic rings. The van der Waals surface area contributed by atoms with Crippen molar-refractivity contribution in [1.82, 2.24) is 15.5 Å². The fourth-order valence-corrected chi connectivity index (χ4v) is 0.828. The lowest BCUT2D eigenvalue weighted by atomic mass is 10.3. The van der Waals surface area contributed by atoms with Gasteiger partial charge in [-0.1, -0.05) is 5.21 Å². The van der Waals surface area contributed by atoms with Crippen LogP contribution in [-0.4, -0.2) is 27.0 Å². The van der Waals surface area contributed by atoms with E-state index in [2.05, 4.69) is 15.5 Å². The third-order valence-electron chi connectivity index (χ3n) is 1.41. The van der Waals surface area contributed by atoms with Gasteiger partial charge in [0.1, 0.15) is 5.10 Å². The Kier molecular flexibility index (Phi) is 3.12. The number of nitrogens with zero attached hydrogens (tertiary/aromatic N) is 4. The van der Waals surface area contributed by atoms with Crippen LogP contribution >= 0.6 is 0 Å². The van der Waals surface area contributed by atoms with Crippen LogP contribution < -0.4 is 4.68 Å². The highest BCUT2D eigenvalue weighted by molar-refractivity contribution is 4.31. The zero-order valence-electron chi connectivity index (χ0n) is 6.51. The number of hydrogen-bond acceptors (Lipinski definition) is 4. The van der Waals surface area contributed by atoms with Crippen molar-refractivity contribution in [3.8, 4) is 0 Å². The Morgan fingerprint density at radius 3 is 3.00 bits per heavy atom. The van der Waals surface area contributed by atoms with Crippen molar-refractivity contribution in [2.24, 2.45) is 0 Å². The second kappa shape index (κ2) is 4.37. The molecule has 0 saturated heterocycles. The van der Waals surface area contributed by atoms with Crippen LogP contribution in [0.25, 0.3) is 0 Å². The molecule has 1 aromatic heterocycles. The molecule has 12 heavy (non-hydrogen) atoms. The van der Waals surface area contributed by atoms with Crippen molar-refractivity contribution < 1.29 is 9.61 Å². The van der Waals surface area contributed by atoms with E-state index in [1.165, 1.54) is 0 Å². The van der Waals surface area contributed by atoms with Crippen LogP contribution in [0, 0.1) is 10.1 Å². The van der Waals surface area contributed by atoms with Crippen molar-refractivity contribution in [2.45, 2.75) is 19.4 Å². The summed E-state index contributed by atoms with van der Waals surface area (Å²) in [6.45, 7) is 0.725. The number of nitrogens with one attached hydrogen (secondary N) is 1. The van der Waals surface area contributed by atoms with Crippen LogP contribution in [0.15, 0.2) is 6.33 Å². The quantitative estimate of drug-likeness (QED) is 0.271. The summed E-state index contributed by atoms with van der Waals surface area (Å²) in [5, 5.41) is 19.6. The van der Waals surface area contributed by atoms with E-state index in [9.17, 15) is 10.1 Å². The van der Waals surface area contributed by atoms with Crippen LogP contribution in [-0.2, 0) is 6.54 Å². The van der Waals surface area contributed by atoms with E-state index in [4.69, 9.17) is 0 Å². The summed E-state index contributed by atoms with van der Waals surface area (Å²) in [7, 11) is 0. The van der Waals surface area contributed by atoms with Gasteiger partial charge in [0.2, 0.25) is 6.54 Å². The van der Waals surface area contributed by atoms with Gasteiger partial charge < -0.3 is 0 Å². The SMILES string of the molecule is O=[N+]([O-])CCCC[n+]1cnn[nH]1. The molecule has 7 heteroatoms. The van der Waals surface area contributed by atoms with Gasteiger partial charge in [0.15, 0.2) is 5.21 Å². The van der Waals surface area contributed by atoms with Gasteiger partial charge in [-0.3, -0.25) is 10.1 Å². The lowest BCUT2D eigenvalue weighted by Gasteiger charge is -1.92. The number of tetrazole rings is 1. The number of H-pyrrole nitrogens is 1. The monoisotopic (exact) mass is 172 g/mol. The van der Waals surface area contributed by atoms with Gasteiger partial charge in [-0.15, -0.1) is 0 Å². The van der Waals surface area contributed by atoms with Crippen molar-refractivity contribution in [1.29, 1.82) is 0 Å². The Bertz CT molecular complexity index is 234. The summed E-state index contributed by atoms with van der Waals surface area (Å²) in [6, 6.07) is 0. The number of rotatable bonds is 5. The predicted molar refractivity (Wildman–Crippen MR) is 37.7 cm³/mol. The number of unbranched alkanes of at least 4 members (excludes halogenated alkanes) is 1. The Labute approximate surface area is 68.5 Å². The van der Waals surface area contributed by atoms with Gasteiger partial charge in [-0.2, -0.15) is 4.68 Å². The van der Waals surface area contributed by atoms with Crippen molar-refractivity contribution in [2.75, 3.05) is 6.54 Å². The molecule has 0 aliphatic carbocycles. The number of nitro groups is 1. The zero-order valence-corrected chi connectivity index (χ0v) is 6.51. The second-order valence-corrected chi connectivity index (χ2v) is 2.39.